The Hall–Kier alpha value is -2.32. The normalized spacial score (nSPS) is 10.0. The highest BCUT2D eigenvalue weighted by atomic mass is 19.1. The van der Waals surface area contributed by atoms with E-state index in [2.05, 4.69) is 16.9 Å². The lowest BCUT2D eigenvalue weighted by molar-refractivity contribution is 0.305. The Morgan fingerprint density at radius 2 is 2.24 bits per heavy atom. The monoisotopic (exact) mass is 288 g/mol. The van der Waals surface area contributed by atoms with Crippen LogP contribution in [0.3, 0.4) is 0 Å². The summed E-state index contributed by atoms with van der Waals surface area (Å²) in [5.74, 6) is 5.62. The van der Waals surface area contributed by atoms with Crippen molar-refractivity contribution >= 4 is 0 Å². The summed E-state index contributed by atoms with van der Waals surface area (Å²) in [5.41, 5.74) is 1.59. The molecule has 0 amide bonds. The van der Waals surface area contributed by atoms with Crippen LogP contribution in [0.1, 0.15) is 17.7 Å². The molecule has 21 heavy (non-hydrogen) atoms. The predicted octanol–water partition coefficient (Wildman–Crippen LogP) is 1.91. The van der Waals surface area contributed by atoms with Gasteiger partial charge in [0.1, 0.15) is 11.6 Å². The molecular formula is C16H17FN2O2. The summed E-state index contributed by atoms with van der Waals surface area (Å²) < 4.78 is 20.8. The van der Waals surface area contributed by atoms with Crippen LogP contribution >= 0.6 is 0 Å². The lowest BCUT2D eigenvalue weighted by atomic mass is 10.2. The second-order valence-corrected chi connectivity index (χ2v) is 4.50. The van der Waals surface area contributed by atoms with Crippen LogP contribution in [0.5, 0.6) is 5.75 Å². The average molecular weight is 288 g/mol. The van der Waals surface area contributed by atoms with Crippen LogP contribution in [-0.4, -0.2) is 28.1 Å². The summed E-state index contributed by atoms with van der Waals surface area (Å²) in [4.78, 5) is 0. The van der Waals surface area contributed by atoms with Gasteiger partial charge in [-0.05, 0) is 18.2 Å². The molecule has 0 saturated carbocycles. The molecule has 2 aromatic rings. The summed E-state index contributed by atoms with van der Waals surface area (Å²) in [5, 5.41) is 12.7. The van der Waals surface area contributed by atoms with Gasteiger partial charge < -0.3 is 9.84 Å². The molecule has 1 aromatic carbocycles. The van der Waals surface area contributed by atoms with Crippen molar-refractivity contribution in [2.75, 3.05) is 13.2 Å². The fourth-order valence-corrected chi connectivity index (χ4v) is 1.86. The van der Waals surface area contributed by atoms with E-state index in [9.17, 15) is 4.39 Å². The zero-order valence-electron chi connectivity index (χ0n) is 11.8. The van der Waals surface area contributed by atoms with Crippen LogP contribution in [0.4, 0.5) is 4.39 Å². The van der Waals surface area contributed by atoms with Gasteiger partial charge in [0.25, 0.3) is 0 Å². The first-order valence-electron chi connectivity index (χ1n) is 6.69. The standard InChI is InChI=1S/C16H17FN2O2/c1-19-15(5-7-18-19)6-9-21-16-11-13(4-2-3-8-20)10-14(17)12-16/h5,7,10-12,20H,3,6,8-9H2,1H3. The Balaban J connectivity index is 1.97. The molecule has 0 fully saturated rings. The number of aliphatic hydroxyl groups excluding tert-OH is 1. The minimum absolute atomic E-state index is 0.00360. The molecule has 5 heteroatoms. The Bertz CT molecular complexity index is 656. The Kier molecular flexibility index (Phi) is 5.35. The molecule has 1 aromatic heterocycles. The third-order valence-corrected chi connectivity index (χ3v) is 2.89. The van der Waals surface area contributed by atoms with Gasteiger partial charge in [-0.15, -0.1) is 0 Å². The molecule has 0 aliphatic rings. The highest BCUT2D eigenvalue weighted by Gasteiger charge is 2.02. The largest absolute Gasteiger partial charge is 0.493 e. The number of halogens is 1. The fourth-order valence-electron chi connectivity index (χ4n) is 1.86. The fraction of sp³-hybridized carbons (Fsp3) is 0.312. The highest BCUT2D eigenvalue weighted by molar-refractivity contribution is 5.40. The van der Waals surface area contributed by atoms with Crippen molar-refractivity contribution in [3.05, 3.63) is 47.5 Å². The first-order chi connectivity index (χ1) is 10.2. The number of rotatable bonds is 5. The maximum absolute atomic E-state index is 13.5. The summed E-state index contributed by atoms with van der Waals surface area (Å²) in [6, 6.07) is 6.29. The van der Waals surface area contributed by atoms with Gasteiger partial charge in [-0.2, -0.15) is 5.10 Å². The number of nitrogens with zero attached hydrogens (tertiary/aromatic N) is 2. The van der Waals surface area contributed by atoms with Gasteiger partial charge in [0.05, 0.1) is 13.2 Å². The highest BCUT2D eigenvalue weighted by Crippen LogP contribution is 2.16. The lowest BCUT2D eigenvalue weighted by Crippen LogP contribution is -2.06. The van der Waals surface area contributed by atoms with E-state index >= 15 is 0 Å². The van der Waals surface area contributed by atoms with Crippen LogP contribution in [0.15, 0.2) is 30.5 Å². The van der Waals surface area contributed by atoms with Crippen molar-refractivity contribution in [3.8, 4) is 17.6 Å². The van der Waals surface area contributed by atoms with E-state index in [-0.39, 0.29) is 12.4 Å². The van der Waals surface area contributed by atoms with Gasteiger partial charge in [0.15, 0.2) is 0 Å². The first kappa shape index (κ1) is 15.1. The van der Waals surface area contributed by atoms with E-state index in [0.717, 1.165) is 5.69 Å². The topological polar surface area (TPSA) is 47.3 Å². The van der Waals surface area contributed by atoms with Crippen LogP contribution in [0.2, 0.25) is 0 Å². The third-order valence-electron chi connectivity index (χ3n) is 2.89. The molecule has 0 aliphatic heterocycles. The molecule has 0 spiro atoms. The third kappa shape index (κ3) is 4.62. The summed E-state index contributed by atoms with van der Waals surface area (Å²) in [6.07, 6.45) is 2.79. The van der Waals surface area contributed by atoms with Crippen molar-refractivity contribution in [2.24, 2.45) is 7.05 Å². The first-order valence-corrected chi connectivity index (χ1v) is 6.69. The van der Waals surface area contributed by atoms with Gasteiger partial charge in [-0.3, -0.25) is 4.68 Å². The number of aryl methyl sites for hydroxylation is 1. The number of aromatic nitrogens is 2. The van der Waals surface area contributed by atoms with Gasteiger partial charge in [0, 0.05) is 43.4 Å². The van der Waals surface area contributed by atoms with Crippen LogP contribution in [-0.2, 0) is 13.5 Å². The maximum atomic E-state index is 13.5. The second-order valence-electron chi connectivity index (χ2n) is 4.50. The number of ether oxygens (including phenoxy) is 1. The van der Waals surface area contributed by atoms with Crippen LogP contribution in [0.25, 0.3) is 0 Å². The van der Waals surface area contributed by atoms with E-state index in [4.69, 9.17) is 9.84 Å². The van der Waals surface area contributed by atoms with Crippen molar-refractivity contribution in [3.63, 3.8) is 0 Å². The van der Waals surface area contributed by atoms with Crippen molar-refractivity contribution < 1.29 is 14.2 Å². The molecule has 0 atom stereocenters. The molecule has 0 aliphatic carbocycles. The minimum Gasteiger partial charge on any atom is -0.493 e. The van der Waals surface area contributed by atoms with Crippen LogP contribution < -0.4 is 4.74 Å². The Morgan fingerprint density at radius 3 is 2.95 bits per heavy atom. The molecule has 0 bridgehead atoms. The van der Waals surface area contributed by atoms with Crippen molar-refractivity contribution in [2.45, 2.75) is 12.8 Å². The summed E-state index contributed by atoms with van der Waals surface area (Å²) in [7, 11) is 1.87. The lowest BCUT2D eigenvalue weighted by Gasteiger charge is -2.07. The van der Waals surface area contributed by atoms with E-state index < -0.39 is 0 Å². The number of benzene rings is 1. The number of aliphatic hydroxyl groups is 1. The molecule has 0 radical (unpaired) electrons. The van der Waals surface area contributed by atoms with Gasteiger partial charge in [-0.1, -0.05) is 11.8 Å². The summed E-state index contributed by atoms with van der Waals surface area (Å²) in [6.45, 7) is 0.433. The molecule has 110 valence electrons. The zero-order valence-corrected chi connectivity index (χ0v) is 11.8. The summed E-state index contributed by atoms with van der Waals surface area (Å²) >= 11 is 0. The molecule has 2 rings (SSSR count). The van der Waals surface area contributed by atoms with Crippen molar-refractivity contribution in [1.29, 1.82) is 0 Å². The van der Waals surface area contributed by atoms with E-state index in [0.29, 0.717) is 30.8 Å². The smallest absolute Gasteiger partial charge is 0.128 e. The van der Waals surface area contributed by atoms with E-state index in [1.807, 2.05) is 13.1 Å². The van der Waals surface area contributed by atoms with Gasteiger partial charge in [0.2, 0.25) is 0 Å². The van der Waals surface area contributed by atoms with Crippen LogP contribution in [0, 0.1) is 17.7 Å². The SMILES string of the molecule is Cn1nccc1CCOc1cc(F)cc(C#CCCO)c1. The molecule has 1 N–H and O–H groups in total. The molecule has 0 unspecified atom stereocenters. The quantitative estimate of drug-likeness (QED) is 0.855. The minimum atomic E-state index is -0.388. The predicted molar refractivity (Wildman–Crippen MR) is 77.4 cm³/mol. The van der Waals surface area contributed by atoms with Gasteiger partial charge in [-0.25, -0.2) is 4.39 Å². The molecule has 1 heterocycles. The van der Waals surface area contributed by atoms with E-state index in [1.54, 1.807) is 16.9 Å². The zero-order chi connectivity index (χ0) is 15.1. The van der Waals surface area contributed by atoms with Gasteiger partial charge >= 0.3 is 0 Å². The Morgan fingerprint density at radius 1 is 1.38 bits per heavy atom. The molecular weight excluding hydrogens is 271 g/mol. The average Bonchev–Trinajstić information content (AvgIpc) is 2.84. The maximum Gasteiger partial charge on any atom is 0.128 e. The number of hydrogen-bond acceptors (Lipinski definition) is 3. The van der Waals surface area contributed by atoms with E-state index in [1.165, 1.54) is 12.1 Å². The second kappa shape index (κ2) is 7.46. The molecule has 4 nitrogen and oxygen atoms in total. The Labute approximate surface area is 123 Å². The number of hydrogen-bond donors (Lipinski definition) is 1. The van der Waals surface area contributed by atoms with Crippen molar-refractivity contribution in [1.82, 2.24) is 9.78 Å². The molecule has 0 saturated heterocycles.